The fraction of sp³-hybridized carbons (Fsp3) is 0.625. The van der Waals surface area contributed by atoms with Crippen molar-refractivity contribution in [2.45, 2.75) is 44.0 Å². The first-order chi connectivity index (χ1) is 10.0. The molecule has 0 heterocycles. The van der Waals surface area contributed by atoms with Gasteiger partial charge in [0.15, 0.2) is 0 Å². The van der Waals surface area contributed by atoms with E-state index in [9.17, 15) is 8.42 Å². The molecule has 0 radical (unpaired) electrons. The predicted molar refractivity (Wildman–Crippen MR) is 85.5 cm³/mol. The van der Waals surface area contributed by atoms with E-state index in [1.54, 1.807) is 12.1 Å². The van der Waals surface area contributed by atoms with Crippen LogP contribution in [-0.4, -0.2) is 22.0 Å². The molecule has 0 unspecified atom stereocenters. The topological polar surface area (TPSA) is 58.2 Å². The molecule has 1 aromatic carbocycles. The summed E-state index contributed by atoms with van der Waals surface area (Å²) in [6.07, 6.45) is 4.68. The van der Waals surface area contributed by atoms with Crippen molar-refractivity contribution in [3.63, 3.8) is 0 Å². The zero-order chi connectivity index (χ0) is 15.3. The molecule has 2 N–H and O–H groups in total. The Hall–Kier alpha value is -0.910. The number of sulfonamides is 1. The Bertz CT molecular complexity index is 549. The summed E-state index contributed by atoms with van der Waals surface area (Å²) in [4.78, 5) is 0.392. The van der Waals surface area contributed by atoms with Gasteiger partial charge in [-0.3, -0.25) is 0 Å². The summed E-state index contributed by atoms with van der Waals surface area (Å²) in [6.45, 7) is 3.38. The normalized spacial score (nSPS) is 23.1. The van der Waals surface area contributed by atoms with Crippen molar-refractivity contribution in [2.24, 2.45) is 11.8 Å². The van der Waals surface area contributed by atoms with Gasteiger partial charge in [-0.15, -0.1) is 0 Å². The van der Waals surface area contributed by atoms with E-state index in [4.69, 9.17) is 0 Å². The highest BCUT2D eigenvalue weighted by molar-refractivity contribution is 7.89. The molecule has 0 bridgehead atoms. The number of nitrogens with one attached hydrogen (secondary N) is 2. The lowest BCUT2D eigenvalue weighted by molar-refractivity contribution is 0.290. The molecule has 0 saturated heterocycles. The van der Waals surface area contributed by atoms with E-state index in [0.717, 1.165) is 24.3 Å². The fourth-order valence-corrected chi connectivity index (χ4v) is 4.29. The van der Waals surface area contributed by atoms with Crippen LogP contribution in [-0.2, 0) is 16.6 Å². The number of hydrogen-bond acceptors (Lipinski definition) is 3. The molecule has 1 saturated carbocycles. The zero-order valence-electron chi connectivity index (χ0n) is 12.9. The van der Waals surface area contributed by atoms with Crippen molar-refractivity contribution in [2.75, 3.05) is 13.6 Å². The molecule has 0 atom stereocenters. The van der Waals surface area contributed by atoms with Crippen LogP contribution in [0.3, 0.4) is 0 Å². The SMILES string of the molecule is CNCc1ccccc1S(=O)(=O)NCC1CCC(C)CC1. The monoisotopic (exact) mass is 310 g/mol. The third kappa shape index (κ3) is 4.53. The zero-order valence-corrected chi connectivity index (χ0v) is 13.7. The molecule has 4 nitrogen and oxygen atoms in total. The lowest BCUT2D eigenvalue weighted by atomic mass is 9.83. The van der Waals surface area contributed by atoms with Gasteiger partial charge in [0, 0.05) is 13.1 Å². The maximum Gasteiger partial charge on any atom is 0.240 e. The third-order valence-electron chi connectivity index (χ3n) is 4.33. The van der Waals surface area contributed by atoms with Crippen molar-refractivity contribution < 1.29 is 8.42 Å². The Morgan fingerprint density at radius 1 is 1.14 bits per heavy atom. The summed E-state index contributed by atoms with van der Waals surface area (Å²) >= 11 is 0. The number of hydrogen-bond donors (Lipinski definition) is 2. The number of rotatable bonds is 6. The molecule has 0 aliphatic heterocycles. The summed E-state index contributed by atoms with van der Waals surface area (Å²) in [5.41, 5.74) is 0.810. The van der Waals surface area contributed by atoms with Gasteiger partial charge in [-0.2, -0.15) is 0 Å². The number of benzene rings is 1. The fourth-order valence-electron chi connectivity index (χ4n) is 2.94. The second-order valence-electron chi connectivity index (χ2n) is 6.12. The smallest absolute Gasteiger partial charge is 0.240 e. The summed E-state index contributed by atoms with van der Waals surface area (Å²) in [5, 5.41) is 3.01. The first-order valence-electron chi connectivity index (χ1n) is 7.75. The van der Waals surface area contributed by atoms with E-state index in [1.165, 1.54) is 12.8 Å². The molecule has 0 amide bonds. The van der Waals surface area contributed by atoms with E-state index in [1.807, 2.05) is 19.2 Å². The third-order valence-corrected chi connectivity index (χ3v) is 5.85. The minimum Gasteiger partial charge on any atom is -0.316 e. The van der Waals surface area contributed by atoms with Gasteiger partial charge in [0.2, 0.25) is 10.0 Å². The van der Waals surface area contributed by atoms with Crippen LogP contribution in [0.1, 0.15) is 38.2 Å². The summed E-state index contributed by atoms with van der Waals surface area (Å²) in [6, 6.07) is 7.18. The minimum absolute atomic E-state index is 0.392. The first-order valence-corrected chi connectivity index (χ1v) is 9.23. The first kappa shape index (κ1) is 16.5. The average molecular weight is 310 g/mol. The molecule has 1 aliphatic carbocycles. The van der Waals surface area contributed by atoms with Gasteiger partial charge in [-0.25, -0.2) is 13.1 Å². The van der Waals surface area contributed by atoms with Crippen LogP contribution in [0, 0.1) is 11.8 Å². The highest BCUT2D eigenvalue weighted by Crippen LogP contribution is 2.28. The van der Waals surface area contributed by atoms with Crippen LogP contribution in [0.5, 0.6) is 0 Å². The molecular formula is C16H26N2O2S. The van der Waals surface area contributed by atoms with E-state index in [0.29, 0.717) is 23.9 Å². The molecule has 0 spiro atoms. The average Bonchev–Trinajstić information content (AvgIpc) is 2.47. The standard InChI is InChI=1S/C16H26N2O2S/c1-13-7-9-14(10-8-13)11-18-21(19,20)16-6-4-3-5-15(16)12-17-2/h3-6,13-14,17-18H,7-12H2,1-2H3. The largest absolute Gasteiger partial charge is 0.316 e. The Balaban J connectivity index is 2.01. The lowest BCUT2D eigenvalue weighted by Crippen LogP contribution is -2.32. The van der Waals surface area contributed by atoms with E-state index in [-0.39, 0.29) is 0 Å². The molecular weight excluding hydrogens is 284 g/mol. The van der Waals surface area contributed by atoms with E-state index in [2.05, 4.69) is 17.0 Å². The Morgan fingerprint density at radius 3 is 2.48 bits per heavy atom. The van der Waals surface area contributed by atoms with Crippen LogP contribution in [0.15, 0.2) is 29.2 Å². The second-order valence-corrected chi connectivity index (χ2v) is 7.85. The predicted octanol–water partition coefficient (Wildman–Crippen LogP) is 2.51. The maximum absolute atomic E-state index is 12.5. The van der Waals surface area contributed by atoms with Gasteiger partial charge in [0.1, 0.15) is 0 Å². The van der Waals surface area contributed by atoms with Gasteiger partial charge in [0.05, 0.1) is 4.90 Å². The molecule has 2 rings (SSSR count). The van der Waals surface area contributed by atoms with Crippen molar-refractivity contribution >= 4 is 10.0 Å². The van der Waals surface area contributed by atoms with Gasteiger partial charge < -0.3 is 5.32 Å². The molecule has 0 aromatic heterocycles. The van der Waals surface area contributed by atoms with Crippen LogP contribution in [0.25, 0.3) is 0 Å². The van der Waals surface area contributed by atoms with Crippen molar-refractivity contribution in [1.82, 2.24) is 10.0 Å². The Kier molecular flexibility index (Phi) is 5.79. The van der Waals surface area contributed by atoms with Crippen molar-refractivity contribution in [3.05, 3.63) is 29.8 Å². The van der Waals surface area contributed by atoms with Crippen molar-refractivity contribution in [1.29, 1.82) is 0 Å². The van der Waals surface area contributed by atoms with E-state index < -0.39 is 10.0 Å². The Morgan fingerprint density at radius 2 is 1.81 bits per heavy atom. The second kappa shape index (κ2) is 7.38. The molecule has 118 valence electrons. The van der Waals surface area contributed by atoms with Crippen LogP contribution in [0.4, 0.5) is 0 Å². The highest BCUT2D eigenvalue weighted by Gasteiger charge is 2.22. The minimum atomic E-state index is -3.42. The molecule has 1 aliphatic rings. The molecule has 1 aromatic rings. The van der Waals surface area contributed by atoms with E-state index >= 15 is 0 Å². The Labute approximate surface area is 128 Å². The summed E-state index contributed by atoms with van der Waals surface area (Å²) in [5.74, 6) is 1.27. The lowest BCUT2D eigenvalue weighted by Gasteiger charge is -2.26. The van der Waals surface area contributed by atoms with Gasteiger partial charge in [0.25, 0.3) is 0 Å². The van der Waals surface area contributed by atoms with Crippen LogP contribution >= 0.6 is 0 Å². The van der Waals surface area contributed by atoms with Gasteiger partial charge in [-0.1, -0.05) is 38.0 Å². The van der Waals surface area contributed by atoms with Crippen LogP contribution in [0.2, 0.25) is 0 Å². The highest BCUT2D eigenvalue weighted by atomic mass is 32.2. The maximum atomic E-state index is 12.5. The summed E-state index contributed by atoms with van der Waals surface area (Å²) < 4.78 is 27.8. The molecule has 21 heavy (non-hydrogen) atoms. The molecule has 5 heteroatoms. The van der Waals surface area contributed by atoms with Gasteiger partial charge >= 0.3 is 0 Å². The molecule has 1 fully saturated rings. The quantitative estimate of drug-likeness (QED) is 0.849. The van der Waals surface area contributed by atoms with Crippen LogP contribution < -0.4 is 10.0 Å². The summed E-state index contributed by atoms with van der Waals surface area (Å²) in [7, 11) is -1.60. The van der Waals surface area contributed by atoms with Gasteiger partial charge in [-0.05, 0) is 43.4 Å². The van der Waals surface area contributed by atoms with Crippen molar-refractivity contribution in [3.8, 4) is 0 Å².